The van der Waals surface area contributed by atoms with Gasteiger partial charge < -0.3 is 15.2 Å². The highest BCUT2D eigenvalue weighted by Gasteiger charge is 2.37. The first kappa shape index (κ1) is 14.3. The highest BCUT2D eigenvalue weighted by molar-refractivity contribution is 5.97. The molecular weight excluding hydrogens is 258 g/mol. The standard InChI is InChI=1S/C15H17NO4/c1-15(9-2-10-20-15)14(19)16-12-6-3-11(4-7-12)5-8-13(17)18/h3-8H,2,9-10H2,1H3,(H,16,19)(H,17,18)/b8-5+. The van der Waals surface area contributed by atoms with Crippen LogP contribution in [-0.4, -0.2) is 29.2 Å². The number of amides is 1. The summed E-state index contributed by atoms with van der Waals surface area (Å²) in [5.41, 5.74) is 0.676. The molecule has 0 bridgehead atoms. The van der Waals surface area contributed by atoms with E-state index < -0.39 is 11.6 Å². The van der Waals surface area contributed by atoms with E-state index in [0.29, 0.717) is 12.3 Å². The van der Waals surface area contributed by atoms with Crippen LogP contribution < -0.4 is 5.32 Å². The Bertz CT molecular complexity index is 527. The molecule has 1 aliphatic rings. The normalized spacial score (nSPS) is 22.1. The molecule has 20 heavy (non-hydrogen) atoms. The van der Waals surface area contributed by atoms with E-state index in [1.807, 2.05) is 0 Å². The lowest BCUT2D eigenvalue weighted by molar-refractivity contribution is -0.133. The largest absolute Gasteiger partial charge is 0.478 e. The average molecular weight is 275 g/mol. The smallest absolute Gasteiger partial charge is 0.328 e. The second-order valence-corrected chi connectivity index (χ2v) is 4.93. The molecule has 2 N–H and O–H groups in total. The third-order valence-corrected chi connectivity index (χ3v) is 3.29. The van der Waals surface area contributed by atoms with Gasteiger partial charge in [-0.2, -0.15) is 0 Å². The van der Waals surface area contributed by atoms with Gasteiger partial charge in [-0.3, -0.25) is 4.79 Å². The fourth-order valence-electron chi connectivity index (χ4n) is 2.07. The van der Waals surface area contributed by atoms with Crippen molar-refractivity contribution in [3.05, 3.63) is 35.9 Å². The van der Waals surface area contributed by atoms with Gasteiger partial charge in [-0.1, -0.05) is 12.1 Å². The van der Waals surface area contributed by atoms with E-state index in [0.717, 1.165) is 24.5 Å². The number of hydrogen-bond acceptors (Lipinski definition) is 3. The molecule has 1 saturated heterocycles. The zero-order chi connectivity index (χ0) is 14.6. The van der Waals surface area contributed by atoms with Crippen molar-refractivity contribution in [1.29, 1.82) is 0 Å². The van der Waals surface area contributed by atoms with Crippen LogP contribution in [0.5, 0.6) is 0 Å². The van der Waals surface area contributed by atoms with E-state index in [9.17, 15) is 9.59 Å². The quantitative estimate of drug-likeness (QED) is 0.827. The number of nitrogens with one attached hydrogen (secondary N) is 1. The van der Waals surface area contributed by atoms with Gasteiger partial charge in [0.05, 0.1) is 0 Å². The summed E-state index contributed by atoms with van der Waals surface area (Å²) in [6.45, 7) is 2.40. The summed E-state index contributed by atoms with van der Waals surface area (Å²) in [5, 5.41) is 11.4. The number of rotatable bonds is 4. The molecular formula is C15H17NO4. The van der Waals surface area contributed by atoms with Crippen molar-refractivity contribution in [2.45, 2.75) is 25.4 Å². The summed E-state index contributed by atoms with van der Waals surface area (Å²) in [5.74, 6) is -1.14. The molecule has 106 valence electrons. The fourth-order valence-corrected chi connectivity index (χ4v) is 2.07. The molecule has 0 radical (unpaired) electrons. The van der Waals surface area contributed by atoms with Crippen LogP contribution in [0.15, 0.2) is 30.3 Å². The van der Waals surface area contributed by atoms with Crippen molar-refractivity contribution in [2.24, 2.45) is 0 Å². The number of carbonyl (C=O) groups excluding carboxylic acids is 1. The second kappa shape index (κ2) is 5.88. The Morgan fingerprint density at radius 1 is 1.35 bits per heavy atom. The predicted molar refractivity (Wildman–Crippen MR) is 75.3 cm³/mol. The van der Waals surface area contributed by atoms with E-state index in [-0.39, 0.29) is 5.91 Å². The molecule has 0 spiro atoms. The van der Waals surface area contributed by atoms with E-state index in [1.165, 1.54) is 6.08 Å². The number of benzene rings is 1. The van der Waals surface area contributed by atoms with Crippen molar-refractivity contribution in [3.8, 4) is 0 Å². The lowest BCUT2D eigenvalue weighted by atomic mass is 10.0. The number of hydrogen-bond donors (Lipinski definition) is 2. The van der Waals surface area contributed by atoms with Gasteiger partial charge in [0.25, 0.3) is 5.91 Å². The van der Waals surface area contributed by atoms with Crippen LogP contribution >= 0.6 is 0 Å². The van der Waals surface area contributed by atoms with Gasteiger partial charge in [-0.15, -0.1) is 0 Å². The predicted octanol–water partition coefficient (Wildman–Crippen LogP) is 2.29. The lowest BCUT2D eigenvalue weighted by Gasteiger charge is -2.21. The number of carboxylic acids is 1. The minimum atomic E-state index is -0.992. The minimum Gasteiger partial charge on any atom is -0.478 e. The maximum absolute atomic E-state index is 12.1. The Kier molecular flexibility index (Phi) is 4.20. The third kappa shape index (κ3) is 3.45. The zero-order valence-electron chi connectivity index (χ0n) is 11.3. The van der Waals surface area contributed by atoms with Crippen LogP contribution in [0.4, 0.5) is 5.69 Å². The van der Waals surface area contributed by atoms with Crippen LogP contribution in [0.1, 0.15) is 25.3 Å². The SMILES string of the molecule is CC1(C(=O)Nc2ccc(/C=C/C(=O)O)cc2)CCCO1. The van der Waals surface area contributed by atoms with Crippen molar-refractivity contribution in [2.75, 3.05) is 11.9 Å². The Morgan fingerprint density at radius 3 is 2.60 bits per heavy atom. The summed E-state index contributed by atoms with van der Waals surface area (Å²) >= 11 is 0. The first-order chi connectivity index (χ1) is 9.49. The highest BCUT2D eigenvalue weighted by Crippen LogP contribution is 2.26. The van der Waals surface area contributed by atoms with Crippen molar-refractivity contribution < 1.29 is 19.4 Å². The molecule has 0 aromatic heterocycles. The van der Waals surface area contributed by atoms with E-state index in [2.05, 4.69) is 5.32 Å². The molecule has 1 amide bonds. The molecule has 1 heterocycles. The number of ether oxygens (including phenoxy) is 1. The van der Waals surface area contributed by atoms with Crippen LogP contribution in [0.25, 0.3) is 6.08 Å². The first-order valence-corrected chi connectivity index (χ1v) is 6.46. The number of carboxylic acid groups (broad SMARTS) is 1. The molecule has 1 aromatic rings. The summed E-state index contributed by atoms with van der Waals surface area (Å²) < 4.78 is 5.47. The summed E-state index contributed by atoms with van der Waals surface area (Å²) in [4.78, 5) is 22.5. The van der Waals surface area contributed by atoms with Crippen LogP contribution in [-0.2, 0) is 14.3 Å². The monoisotopic (exact) mass is 275 g/mol. The molecule has 1 aromatic carbocycles. The van der Waals surface area contributed by atoms with E-state index in [4.69, 9.17) is 9.84 Å². The number of aliphatic carboxylic acids is 1. The zero-order valence-corrected chi connectivity index (χ0v) is 11.3. The van der Waals surface area contributed by atoms with Crippen LogP contribution in [0.3, 0.4) is 0 Å². The minimum absolute atomic E-state index is 0.149. The molecule has 1 fully saturated rings. The molecule has 1 atom stereocenters. The van der Waals surface area contributed by atoms with Gasteiger partial charge in [0, 0.05) is 18.4 Å². The maximum atomic E-state index is 12.1. The van der Waals surface area contributed by atoms with Gasteiger partial charge in [-0.25, -0.2) is 4.79 Å². The van der Waals surface area contributed by atoms with Crippen LogP contribution in [0, 0.1) is 0 Å². The Morgan fingerprint density at radius 2 is 2.05 bits per heavy atom. The summed E-state index contributed by atoms with van der Waals surface area (Å²) in [7, 11) is 0. The van der Waals surface area contributed by atoms with Crippen molar-refractivity contribution in [3.63, 3.8) is 0 Å². The molecule has 2 rings (SSSR count). The number of carbonyl (C=O) groups is 2. The first-order valence-electron chi connectivity index (χ1n) is 6.46. The van der Waals surface area contributed by atoms with Gasteiger partial charge >= 0.3 is 5.97 Å². The highest BCUT2D eigenvalue weighted by atomic mass is 16.5. The van der Waals surface area contributed by atoms with Gasteiger partial charge in [0.15, 0.2) is 0 Å². The summed E-state index contributed by atoms with van der Waals surface area (Å²) in [6.07, 6.45) is 4.18. The molecule has 1 aliphatic heterocycles. The fraction of sp³-hybridized carbons (Fsp3) is 0.333. The lowest BCUT2D eigenvalue weighted by Crippen LogP contribution is -2.39. The molecule has 0 saturated carbocycles. The Labute approximate surface area is 117 Å². The maximum Gasteiger partial charge on any atom is 0.328 e. The third-order valence-electron chi connectivity index (χ3n) is 3.29. The number of anilines is 1. The van der Waals surface area contributed by atoms with Crippen molar-refractivity contribution >= 4 is 23.6 Å². The molecule has 5 heteroatoms. The molecule has 5 nitrogen and oxygen atoms in total. The van der Waals surface area contributed by atoms with Crippen LogP contribution in [0.2, 0.25) is 0 Å². The average Bonchev–Trinajstić information content (AvgIpc) is 2.86. The van der Waals surface area contributed by atoms with E-state index in [1.54, 1.807) is 31.2 Å². The van der Waals surface area contributed by atoms with Crippen molar-refractivity contribution in [1.82, 2.24) is 0 Å². The molecule has 0 aliphatic carbocycles. The van der Waals surface area contributed by atoms with Gasteiger partial charge in [-0.05, 0) is 43.5 Å². The Balaban J connectivity index is 2.00. The Hall–Kier alpha value is -2.14. The second-order valence-electron chi connectivity index (χ2n) is 4.93. The van der Waals surface area contributed by atoms with E-state index >= 15 is 0 Å². The molecule has 1 unspecified atom stereocenters. The van der Waals surface area contributed by atoms with Gasteiger partial charge in [0.1, 0.15) is 5.60 Å². The topological polar surface area (TPSA) is 75.6 Å². The summed E-state index contributed by atoms with van der Waals surface area (Å²) in [6, 6.07) is 6.95. The van der Waals surface area contributed by atoms with Gasteiger partial charge in [0.2, 0.25) is 0 Å².